The van der Waals surface area contributed by atoms with Crippen LogP contribution >= 0.6 is 0 Å². The average Bonchev–Trinajstić information content (AvgIpc) is 3.25. The predicted molar refractivity (Wildman–Crippen MR) is 103 cm³/mol. The number of urea groups is 1. The smallest absolute Gasteiger partial charge is 0.315 e. The van der Waals surface area contributed by atoms with Crippen LogP contribution in [0.1, 0.15) is 54.5 Å². The van der Waals surface area contributed by atoms with Gasteiger partial charge in [-0.25, -0.2) is 4.79 Å². The number of furan rings is 1. The molecule has 2 heterocycles. The fourth-order valence-electron chi connectivity index (χ4n) is 3.78. The maximum Gasteiger partial charge on any atom is 0.315 e. The van der Waals surface area contributed by atoms with Crippen molar-refractivity contribution in [1.29, 1.82) is 0 Å². The lowest BCUT2D eigenvalue weighted by Crippen LogP contribution is -2.42. The zero-order chi connectivity index (χ0) is 18.5. The number of benzene rings is 1. The fourth-order valence-corrected chi connectivity index (χ4v) is 3.78. The van der Waals surface area contributed by atoms with E-state index in [1.165, 1.54) is 18.4 Å². The summed E-state index contributed by atoms with van der Waals surface area (Å²) < 4.78 is 5.56. The van der Waals surface area contributed by atoms with Gasteiger partial charge in [0.25, 0.3) is 0 Å². The first-order valence-electron chi connectivity index (χ1n) is 9.45. The van der Waals surface area contributed by atoms with Crippen molar-refractivity contribution in [3.05, 3.63) is 59.0 Å². The summed E-state index contributed by atoms with van der Waals surface area (Å²) in [6.07, 6.45) is 2.46. The minimum Gasteiger partial charge on any atom is -0.466 e. The summed E-state index contributed by atoms with van der Waals surface area (Å²) in [6.45, 7) is 8.61. The van der Waals surface area contributed by atoms with Crippen molar-refractivity contribution in [2.45, 2.75) is 45.7 Å². The second kappa shape index (κ2) is 8.41. The van der Waals surface area contributed by atoms with Crippen LogP contribution in [0.3, 0.4) is 0 Å². The zero-order valence-corrected chi connectivity index (χ0v) is 15.9. The highest BCUT2D eigenvalue weighted by atomic mass is 16.3. The molecule has 1 saturated heterocycles. The topological polar surface area (TPSA) is 57.5 Å². The van der Waals surface area contributed by atoms with Crippen molar-refractivity contribution in [2.24, 2.45) is 0 Å². The van der Waals surface area contributed by atoms with E-state index in [-0.39, 0.29) is 18.1 Å². The number of hydrogen-bond acceptors (Lipinski definition) is 3. The lowest BCUT2D eigenvalue weighted by molar-refractivity contribution is 0.219. The molecule has 3 rings (SSSR count). The van der Waals surface area contributed by atoms with E-state index in [1.54, 1.807) is 0 Å². The van der Waals surface area contributed by atoms with Gasteiger partial charge in [-0.3, -0.25) is 4.90 Å². The molecule has 5 nitrogen and oxygen atoms in total. The van der Waals surface area contributed by atoms with E-state index in [9.17, 15) is 4.79 Å². The Morgan fingerprint density at radius 2 is 1.88 bits per heavy atom. The van der Waals surface area contributed by atoms with Gasteiger partial charge in [0, 0.05) is 12.1 Å². The average molecular weight is 355 g/mol. The maximum atomic E-state index is 12.4. The predicted octanol–water partition coefficient (Wildman–Crippen LogP) is 4.09. The zero-order valence-electron chi connectivity index (χ0n) is 15.9. The molecule has 2 aromatic rings. The van der Waals surface area contributed by atoms with E-state index >= 15 is 0 Å². The first-order chi connectivity index (χ1) is 12.5. The van der Waals surface area contributed by atoms with Crippen LogP contribution in [0, 0.1) is 13.8 Å². The lowest BCUT2D eigenvalue weighted by Gasteiger charge is -2.28. The highest BCUT2D eigenvalue weighted by molar-refractivity contribution is 5.74. The Labute approximate surface area is 155 Å². The Balaban J connectivity index is 1.59. The number of rotatable bonds is 6. The van der Waals surface area contributed by atoms with Gasteiger partial charge in [-0.2, -0.15) is 0 Å². The molecule has 1 aliphatic rings. The molecule has 1 fully saturated rings. The third-order valence-corrected chi connectivity index (χ3v) is 5.12. The molecule has 1 aliphatic heterocycles. The standard InChI is InChI=1S/C21H29N3O2/c1-15-13-19(17(3)26-15)16(2)23-21(25)22-14-20(24-11-7-8-12-24)18-9-5-4-6-10-18/h4-6,9-10,13,16,20H,7-8,11-12,14H2,1-3H3,(H2,22,23,25). The summed E-state index contributed by atoms with van der Waals surface area (Å²) in [4.78, 5) is 14.9. The van der Waals surface area contributed by atoms with Gasteiger partial charge < -0.3 is 15.1 Å². The largest absolute Gasteiger partial charge is 0.466 e. The summed E-state index contributed by atoms with van der Waals surface area (Å²) >= 11 is 0. The van der Waals surface area contributed by atoms with Crippen LogP contribution < -0.4 is 10.6 Å². The normalized spacial score (nSPS) is 17.0. The Bertz CT molecular complexity index is 720. The summed E-state index contributed by atoms with van der Waals surface area (Å²) in [7, 11) is 0. The molecule has 2 atom stereocenters. The minimum atomic E-state index is -0.143. The van der Waals surface area contributed by atoms with Crippen molar-refractivity contribution in [1.82, 2.24) is 15.5 Å². The van der Waals surface area contributed by atoms with E-state index in [4.69, 9.17) is 4.42 Å². The van der Waals surface area contributed by atoms with Crippen molar-refractivity contribution >= 4 is 6.03 Å². The third-order valence-electron chi connectivity index (χ3n) is 5.12. The van der Waals surface area contributed by atoms with Gasteiger partial charge in [-0.05, 0) is 58.3 Å². The summed E-state index contributed by atoms with van der Waals surface area (Å²) in [6, 6.07) is 12.4. The molecular weight excluding hydrogens is 326 g/mol. The second-order valence-electron chi connectivity index (χ2n) is 7.11. The molecule has 5 heteroatoms. The number of nitrogens with one attached hydrogen (secondary N) is 2. The van der Waals surface area contributed by atoms with Crippen LogP contribution in [-0.4, -0.2) is 30.6 Å². The molecule has 1 aromatic heterocycles. The highest BCUT2D eigenvalue weighted by Gasteiger charge is 2.24. The molecule has 2 N–H and O–H groups in total. The van der Waals surface area contributed by atoms with E-state index < -0.39 is 0 Å². The second-order valence-corrected chi connectivity index (χ2v) is 7.11. The molecule has 0 radical (unpaired) electrons. The van der Waals surface area contributed by atoms with Crippen LogP contribution in [0.2, 0.25) is 0 Å². The Kier molecular flexibility index (Phi) is 5.99. The van der Waals surface area contributed by atoms with Gasteiger partial charge in [-0.15, -0.1) is 0 Å². The molecule has 0 bridgehead atoms. The summed E-state index contributed by atoms with van der Waals surface area (Å²) in [5, 5.41) is 6.08. The first kappa shape index (κ1) is 18.5. The van der Waals surface area contributed by atoms with E-state index in [2.05, 4.69) is 39.8 Å². The SMILES string of the molecule is Cc1cc(C(C)NC(=O)NCC(c2ccccc2)N2CCCC2)c(C)o1. The number of likely N-dealkylation sites (tertiary alicyclic amines) is 1. The lowest BCUT2D eigenvalue weighted by atomic mass is 10.1. The molecule has 26 heavy (non-hydrogen) atoms. The van der Waals surface area contributed by atoms with Crippen molar-refractivity contribution in [2.75, 3.05) is 19.6 Å². The van der Waals surface area contributed by atoms with Gasteiger partial charge in [0.2, 0.25) is 0 Å². The third kappa shape index (κ3) is 4.47. The first-order valence-corrected chi connectivity index (χ1v) is 9.45. The van der Waals surface area contributed by atoms with Gasteiger partial charge in [0.05, 0.1) is 12.1 Å². The minimum absolute atomic E-state index is 0.0885. The molecular formula is C21H29N3O2. The van der Waals surface area contributed by atoms with Crippen LogP contribution in [0.4, 0.5) is 4.79 Å². The van der Waals surface area contributed by atoms with Crippen molar-refractivity contribution in [3.8, 4) is 0 Å². The Morgan fingerprint density at radius 1 is 1.19 bits per heavy atom. The highest BCUT2D eigenvalue weighted by Crippen LogP contribution is 2.24. The van der Waals surface area contributed by atoms with E-state index in [0.717, 1.165) is 30.2 Å². The molecule has 0 saturated carbocycles. The van der Waals surface area contributed by atoms with Crippen LogP contribution in [0.15, 0.2) is 40.8 Å². The van der Waals surface area contributed by atoms with Crippen LogP contribution in [-0.2, 0) is 0 Å². The number of nitrogens with zero attached hydrogens (tertiary/aromatic N) is 1. The maximum absolute atomic E-state index is 12.4. The summed E-state index contributed by atoms with van der Waals surface area (Å²) in [5.41, 5.74) is 2.28. The van der Waals surface area contributed by atoms with Crippen LogP contribution in [0.5, 0.6) is 0 Å². The van der Waals surface area contributed by atoms with E-state index in [0.29, 0.717) is 6.54 Å². The number of carbonyl (C=O) groups excluding carboxylic acids is 1. The number of aryl methyl sites for hydroxylation is 2. The fraction of sp³-hybridized carbons (Fsp3) is 0.476. The Hall–Kier alpha value is -2.27. The van der Waals surface area contributed by atoms with Crippen molar-refractivity contribution < 1.29 is 9.21 Å². The number of carbonyl (C=O) groups is 1. The van der Waals surface area contributed by atoms with Crippen LogP contribution in [0.25, 0.3) is 0 Å². The number of amides is 2. The molecule has 140 valence electrons. The Morgan fingerprint density at radius 3 is 2.50 bits per heavy atom. The molecule has 2 unspecified atom stereocenters. The molecule has 0 aliphatic carbocycles. The van der Waals surface area contributed by atoms with Gasteiger partial charge in [0.1, 0.15) is 11.5 Å². The number of hydrogen-bond donors (Lipinski definition) is 2. The van der Waals surface area contributed by atoms with Gasteiger partial charge >= 0.3 is 6.03 Å². The van der Waals surface area contributed by atoms with Crippen molar-refractivity contribution in [3.63, 3.8) is 0 Å². The molecule has 0 spiro atoms. The van der Waals surface area contributed by atoms with E-state index in [1.807, 2.05) is 32.9 Å². The molecule has 2 amide bonds. The van der Waals surface area contributed by atoms with Gasteiger partial charge in [0.15, 0.2) is 0 Å². The summed E-state index contributed by atoms with van der Waals surface area (Å²) in [5.74, 6) is 1.72. The van der Waals surface area contributed by atoms with Gasteiger partial charge in [-0.1, -0.05) is 30.3 Å². The quantitative estimate of drug-likeness (QED) is 0.820. The molecule has 1 aromatic carbocycles. The monoisotopic (exact) mass is 355 g/mol.